The average Bonchev–Trinajstić information content (AvgIpc) is 2.19. The summed E-state index contributed by atoms with van der Waals surface area (Å²) in [4.78, 5) is 22.3. The van der Waals surface area contributed by atoms with Crippen molar-refractivity contribution >= 4 is 29.2 Å². The molecule has 1 aliphatic rings. The molecule has 1 heterocycles. The minimum atomic E-state index is -1.15. The number of hydrogen-bond donors (Lipinski definition) is 2. The van der Waals surface area contributed by atoms with Crippen molar-refractivity contribution in [3.63, 3.8) is 0 Å². The Bertz CT molecular complexity index is 486. The van der Waals surface area contributed by atoms with Crippen molar-refractivity contribution in [3.8, 4) is 5.75 Å². The van der Waals surface area contributed by atoms with Gasteiger partial charge >= 0.3 is 5.97 Å². The maximum absolute atomic E-state index is 11.3. The van der Waals surface area contributed by atoms with E-state index in [-0.39, 0.29) is 27.9 Å². The summed E-state index contributed by atoms with van der Waals surface area (Å²) < 4.78 is 5.24. The number of benzene rings is 1. The molecule has 0 aromatic heterocycles. The number of carbonyl (C=O) groups excluding carboxylic acids is 1. The summed E-state index contributed by atoms with van der Waals surface area (Å²) in [5.41, 5.74) is 0.224. The first-order valence-electron chi connectivity index (χ1n) is 4.53. The molecule has 84 valence electrons. The fourth-order valence-electron chi connectivity index (χ4n) is 1.44. The van der Waals surface area contributed by atoms with E-state index in [9.17, 15) is 9.59 Å². The molecule has 1 aliphatic heterocycles. The number of halogens is 1. The van der Waals surface area contributed by atoms with Gasteiger partial charge < -0.3 is 15.2 Å². The molecule has 0 bridgehead atoms. The second kappa shape index (κ2) is 3.68. The normalized spacial score (nSPS) is 18.4. The van der Waals surface area contributed by atoms with Crippen LogP contribution in [0.15, 0.2) is 12.1 Å². The zero-order valence-electron chi connectivity index (χ0n) is 8.28. The monoisotopic (exact) mass is 241 g/mol. The number of carbonyl (C=O) groups is 2. The van der Waals surface area contributed by atoms with Crippen LogP contribution in [0.4, 0.5) is 5.69 Å². The number of carboxylic acid groups (broad SMARTS) is 1. The molecule has 1 atom stereocenters. The van der Waals surface area contributed by atoms with E-state index in [1.807, 2.05) is 0 Å². The fourth-order valence-corrected chi connectivity index (χ4v) is 1.66. The molecule has 1 aromatic rings. The lowest BCUT2D eigenvalue weighted by Crippen LogP contribution is -2.35. The van der Waals surface area contributed by atoms with Crippen LogP contribution in [-0.4, -0.2) is 23.1 Å². The Hall–Kier alpha value is -1.75. The van der Waals surface area contributed by atoms with Crippen molar-refractivity contribution in [2.75, 3.05) is 5.32 Å². The first kappa shape index (κ1) is 10.8. The summed E-state index contributed by atoms with van der Waals surface area (Å²) in [6.45, 7) is 1.54. The van der Waals surface area contributed by atoms with Crippen molar-refractivity contribution < 1.29 is 19.4 Å². The molecule has 1 amide bonds. The molecule has 0 spiro atoms. The highest BCUT2D eigenvalue weighted by atomic mass is 35.5. The van der Waals surface area contributed by atoms with Crippen LogP contribution in [0, 0.1) is 0 Å². The average molecular weight is 242 g/mol. The summed E-state index contributed by atoms with van der Waals surface area (Å²) in [5, 5.41) is 11.7. The molecule has 6 heteroatoms. The Labute approximate surface area is 96.0 Å². The summed E-state index contributed by atoms with van der Waals surface area (Å²) >= 11 is 5.74. The van der Waals surface area contributed by atoms with Crippen LogP contribution < -0.4 is 10.1 Å². The van der Waals surface area contributed by atoms with Gasteiger partial charge in [0.2, 0.25) is 0 Å². The number of ether oxygens (including phenoxy) is 1. The lowest BCUT2D eigenvalue weighted by atomic mass is 10.1. The van der Waals surface area contributed by atoms with Gasteiger partial charge in [-0.05, 0) is 19.1 Å². The molecule has 0 radical (unpaired) electrons. The Morgan fingerprint density at radius 2 is 2.25 bits per heavy atom. The van der Waals surface area contributed by atoms with Crippen molar-refractivity contribution in [2.45, 2.75) is 13.0 Å². The predicted octanol–water partition coefficient (Wildman–Crippen LogP) is 1.76. The molecule has 0 fully saturated rings. The largest absolute Gasteiger partial charge is 0.478 e. The van der Waals surface area contributed by atoms with Crippen molar-refractivity contribution in [2.24, 2.45) is 0 Å². The van der Waals surface area contributed by atoms with Crippen molar-refractivity contribution in [1.29, 1.82) is 0 Å². The maximum Gasteiger partial charge on any atom is 0.339 e. The van der Waals surface area contributed by atoms with Crippen molar-refractivity contribution in [1.82, 2.24) is 0 Å². The van der Waals surface area contributed by atoms with Gasteiger partial charge in [0.1, 0.15) is 5.56 Å². The standard InChI is InChI=1S/C10H8ClNO4/c1-4-9(13)12-7-3-5(11)2-6(10(14)15)8(7)16-4/h2-4H,1H3,(H,12,13)(H,14,15). The fraction of sp³-hybridized carbons (Fsp3) is 0.200. The van der Waals surface area contributed by atoms with Gasteiger partial charge in [-0.25, -0.2) is 4.79 Å². The summed E-state index contributed by atoms with van der Waals surface area (Å²) in [6.07, 6.45) is -0.716. The van der Waals surface area contributed by atoms with E-state index >= 15 is 0 Å². The highest BCUT2D eigenvalue weighted by Gasteiger charge is 2.28. The zero-order chi connectivity index (χ0) is 11.9. The van der Waals surface area contributed by atoms with Gasteiger partial charge in [0.25, 0.3) is 5.91 Å². The van der Waals surface area contributed by atoms with E-state index in [0.717, 1.165) is 0 Å². The Morgan fingerprint density at radius 1 is 1.56 bits per heavy atom. The van der Waals surface area contributed by atoms with E-state index < -0.39 is 12.1 Å². The van der Waals surface area contributed by atoms with Gasteiger partial charge in [0.05, 0.1) is 5.69 Å². The number of fused-ring (bicyclic) bond motifs is 1. The third kappa shape index (κ3) is 1.69. The first-order valence-corrected chi connectivity index (χ1v) is 4.91. The number of anilines is 1. The van der Waals surface area contributed by atoms with Gasteiger partial charge in [0, 0.05) is 5.02 Å². The zero-order valence-corrected chi connectivity index (χ0v) is 9.04. The number of aromatic carboxylic acids is 1. The lowest BCUT2D eigenvalue weighted by molar-refractivity contribution is -0.122. The third-order valence-electron chi connectivity index (χ3n) is 2.21. The minimum absolute atomic E-state index is 0.0608. The maximum atomic E-state index is 11.3. The SMILES string of the molecule is CC1Oc2c(cc(Cl)cc2C(=O)O)NC1=O. The third-order valence-corrected chi connectivity index (χ3v) is 2.42. The Kier molecular flexibility index (Phi) is 2.47. The molecular weight excluding hydrogens is 234 g/mol. The van der Waals surface area contributed by atoms with Crippen LogP contribution in [0.3, 0.4) is 0 Å². The number of rotatable bonds is 1. The molecular formula is C10H8ClNO4. The number of carboxylic acids is 1. The molecule has 16 heavy (non-hydrogen) atoms. The van der Waals surface area contributed by atoms with E-state index in [4.69, 9.17) is 21.4 Å². The molecule has 0 saturated heterocycles. The number of amides is 1. The Morgan fingerprint density at radius 3 is 2.88 bits per heavy atom. The highest BCUT2D eigenvalue weighted by molar-refractivity contribution is 6.31. The van der Waals surface area contributed by atoms with E-state index in [0.29, 0.717) is 0 Å². The molecule has 0 aliphatic carbocycles. The Balaban J connectivity index is 2.59. The summed E-state index contributed by atoms with van der Waals surface area (Å²) in [5.74, 6) is -1.34. The van der Waals surface area contributed by atoms with E-state index in [1.165, 1.54) is 12.1 Å². The molecule has 0 saturated carbocycles. The van der Waals surface area contributed by atoms with Gasteiger partial charge in [0.15, 0.2) is 11.9 Å². The topological polar surface area (TPSA) is 75.6 Å². The number of hydrogen-bond acceptors (Lipinski definition) is 3. The lowest BCUT2D eigenvalue weighted by Gasteiger charge is -2.24. The smallest absolute Gasteiger partial charge is 0.339 e. The van der Waals surface area contributed by atoms with E-state index in [1.54, 1.807) is 6.92 Å². The van der Waals surface area contributed by atoms with Crippen LogP contribution in [-0.2, 0) is 4.79 Å². The number of nitrogens with one attached hydrogen (secondary N) is 1. The van der Waals surface area contributed by atoms with Gasteiger partial charge in [-0.2, -0.15) is 0 Å². The first-order chi connectivity index (χ1) is 7.49. The highest BCUT2D eigenvalue weighted by Crippen LogP contribution is 2.36. The molecule has 1 unspecified atom stereocenters. The van der Waals surface area contributed by atoms with Crippen LogP contribution >= 0.6 is 11.6 Å². The molecule has 2 N–H and O–H groups in total. The van der Waals surface area contributed by atoms with Gasteiger partial charge in [-0.3, -0.25) is 4.79 Å². The van der Waals surface area contributed by atoms with Crippen molar-refractivity contribution in [3.05, 3.63) is 22.7 Å². The minimum Gasteiger partial charge on any atom is -0.478 e. The predicted molar refractivity (Wildman–Crippen MR) is 57.1 cm³/mol. The van der Waals surface area contributed by atoms with Gasteiger partial charge in [-0.15, -0.1) is 0 Å². The van der Waals surface area contributed by atoms with Crippen LogP contribution in [0.25, 0.3) is 0 Å². The van der Waals surface area contributed by atoms with Crippen LogP contribution in [0.5, 0.6) is 5.75 Å². The van der Waals surface area contributed by atoms with Gasteiger partial charge in [-0.1, -0.05) is 11.6 Å². The second-order valence-corrected chi connectivity index (χ2v) is 3.82. The quantitative estimate of drug-likeness (QED) is 0.786. The molecule has 2 rings (SSSR count). The summed E-state index contributed by atoms with van der Waals surface area (Å²) in [7, 11) is 0. The summed E-state index contributed by atoms with van der Waals surface area (Å²) in [6, 6.07) is 2.74. The van der Waals surface area contributed by atoms with Crippen LogP contribution in [0.1, 0.15) is 17.3 Å². The second-order valence-electron chi connectivity index (χ2n) is 3.38. The van der Waals surface area contributed by atoms with Crippen LogP contribution in [0.2, 0.25) is 5.02 Å². The van der Waals surface area contributed by atoms with E-state index in [2.05, 4.69) is 5.32 Å². The molecule has 1 aromatic carbocycles. The molecule has 5 nitrogen and oxygen atoms in total.